The molecular formula is C17H13N5O5S. The molecule has 0 aliphatic rings. The Hall–Kier alpha value is -3.73. The van der Waals surface area contributed by atoms with Crippen LogP contribution in [0.5, 0.6) is 0 Å². The van der Waals surface area contributed by atoms with Crippen molar-refractivity contribution >= 4 is 34.6 Å². The topological polar surface area (TPSA) is 137 Å². The van der Waals surface area contributed by atoms with Gasteiger partial charge in [0.2, 0.25) is 0 Å². The van der Waals surface area contributed by atoms with Crippen LogP contribution in [0.3, 0.4) is 0 Å². The molecule has 0 atom stereocenters. The summed E-state index contributed by atoms with van der Waals surface area (Å²) >= 11 is 1.07. The molecule has 0 aliphatic carbocycles. The van der Waals surface area contributed by atoms with Crippen LogP contribution in [0.4, 0.5) is 11.4 Å². The van der Waals surface area contributed by atoms with Gasteiger partial charge in [-0.25, -0.2) is 19.7 Å². The number of hydrogen-bond donors (Lipinski definition) is 1. The monoisotopic (exact) mass is 399 g/mol. The molecule has 2 heterocycles. The fourth-order valence-electron chi connectivity index (χ4n) is 2.15. The Morgan fingerprint density at radius 3 is 2.54 bits per heavy atom. The standard InChI is InChI=1S/C17H13N5O5S/c1-10-14(28-16(20-10)15-18-7-2-8-19-15)17(24)27-9-13(23)21-11-3-5-12(6-4-11)22(25)26/h2-8H,9H2,1H3,(H,21,23). The number of aryl methyl sites for hydroxylation is 1. The third kappa shape index (κ3) is 4.51. The minimum atomic E-state index is -0.684. The molecule has 0 spiro atoms. The first-order chi connectivity index (χ1) is 13.4. The van der Waals surface area contributed by atoms with Gasteiger partial charge in [0.05, 0.1) is 10.6 Å². The van der Waals surface area contributed by atoms with E-state index in [0.29, 0.717) is 22.2 Å². The van der Waals surface area contributed by atoms with Crippen LogP contribution in [0, 0.1) is 17.0 Å². The number of amides is 1. The summed E-state index contributed by atoms with van der Waals surface area (Å²) in [6.45, 7) is 1.14. The normalized spacial score (nSPS) is 10.3. The van der Waals surface area contributed by atoms with Gasteiger partial charge in [0, 0.05) is 30.2 Å². The van der Waals surface area contributed by atoms with Crippen molar-refractivity contribution in [1.82, 2.24) is 15.0 Å². The Kier molecular flexibility index (Phi) is 5.65. The van der Waals surface area contributed by atoms with Gasteiger partial charge in [-0.1, -0.05) is 0 Å². The van der Waals surface area contributed by atoms with Crippen LogP contribution in [0.1, 0.15) is 15.4 Å². The highest BCUT2D eigenvalue weighted by molar-refractivity contribution is 7.16. The number of non-ortho nitro benzene ring substituents is 1. The van der Waals surface area contributed by atoms with E-state index in [-0.39, 0.29) is 10.6 Å². The van der Waals surface area contributed by atoms with E-state index >= 15 is 0 Å². The second kappa shape index (κ2) is 8.31. The summed E-state index contributed by atoms with van der Waals surface area (Å²) in [6.07, 6.45) is 3.14. The van der Waals surface area contributed by atoms with Crippen molar-refractivity contribution < 1.29 is 19.2 Å². The summed E-state index contributed by atoms with van der Waals surface area (Å²) in [5.74, 6) is -0.863. The molecule has 0 saturated carbocycles. The molecule has 1 N–H and O–H groups in total. The number of carbonyl (C=O) groups excluding carboxylic acids is 2. The Labute approximate surface area is 162 Å². The highest BCUT2D eigenvalue weighted by atomic mass is 32.1. The zero-order valence-electron chi connectivity index (χ0n) is 14.5. The molecule has 142 valence electrons. The number of thiazole rings is 1. The third-order valence-electron chi connectivity index (χ3n) is 3.44. The number of nitrogens with zero attached hydrogens (tertiary/aromatic N) is 4. The molecular weight excluding hydrogens is 386 g/mol. The number of ether oxygens (including phenoxy) is 1. The molecule has 3 rings (SSSR count). The molecule has 0 unspecified atom stereocenters. The molecule has 2 aromatic heterocycles. The largest absolute Gasteiger partial charge is 0.451 e. The van der Waals surface area contributed by atoms with Crippen molar-refractivity contribution in [3.63, 3.8) is 0 Å². The lowest BCUT2D eigenvalue weighted by molar-refractivity contribution is -0.384. The van der Waals surface area contributed by atoms with Crippen LogP contribution < -0.4 is 5.32 Å². The van der Waals surface area contributed by atoms with E-state index < -0.39 is 23.4 Å². The zero-order chi connectivity index (χ0) is 20.1. The number of anilines is 1. The fourth-order valence-corrected chi connectivity index (χ4v) is 3.06. The maximum absolute atomic E-state index is 12.2. The summed E-state index contributed by atoms with van der Waals surface area (Å²) < 4.78 is 5.02. The van der Waals surface area contributed by atoms with Crippen LogP contribution in [-0.2, 0) is 9.53 Å². The van der Waals surface area contributed by atoms with Crippen molar-refractivity contribution in [2.24, 2.45) is 0 Å². The number of carbonyl (C=O) groups is 2. The van der Waals surface area contributed by atoms with Gasteiger partial charge in [0.15, 0.2) is 17.4 Å². The lowest BCUT2D eigenvalue weighted by Crippen LogP contribution is -2.20. The van der Waals surface area contributed by atoms with Crippen molar-refractivity contribution in [3.05, 3.63) is 63.4 Å². The van der Waals surface area contributed by atoms with Gasteiger partial charge in [-0.2, -0.15) is 0 Å². The summed E-state index contributed by atoms with van der Waals surface area (Å²) in [6, 6.07) is 6.96. The number of aromatic nitrogens is 3. The lowest BCUT2D eigenvalue weighted by Gasteiger charge is -2.06. The van der Waals surface area contributed by atoms with E-state index in [1.165, 1.54) is 24.3 Å². The molecule has 1 amide bonds. The van der Waals surface area contributed by atoms with Gasteiger partial charge in [-0.3, -0.25) is 14.9 Å². The number of nitro groups is 1. The third-order valence-corrected chi connectivity index (χ3v) is 4.57. The second-order valence-corrected chi connectivity index (χ2v) is 6.43. The molecule has 0 radical (unpaired) electrons. The van der Waals surface area contributed by atoms with E-state index in [2.05, 4.69) is 20.3 Å². The van der Waals surface area contributed by atoms with E-state index in [4.69, 9.17) is 4.74 Å². The first-order valence-electron chi connectivity index (χ1n) is 7.90. The van der Waals surface area contributed by atoms with Crippen molar-refractivity contribution in [2.45, 2.75) is 6.92 Å². The maximum atomic E-state index is 12.2. The Morgan fingerprint density at radius 2 is 1.89 bits per heavy atom. The average molecular weight is 399 g/mol. The minimum absolute atomic E-state index is 0.0942. The van der Waals surface area contributed by atoms with Gasteiger partial charge >= 0.3 is 5.97 Å². The molecule has 0 aliphatic heterocycles. The number of rotatable bonds is 6. The van der Waals surface area contributed by atoms with E-state index in [9.17, 15) is 19.7 Å². The molecule has 0 fully saturated rings. The number of nitro benzene ring substituents is 1. The SMILES string of the molecule is Cc1nc(-c2ncccn2)sc1C(=O)OCC(=O)Nc1ccc([N+](=O)[O-])cc1. The summed E-state index contributed by atoms with van der Waals surface area (Å²) in [5.41, 5.74) is 0.709. The summed E-state index contributed by atoms with van der Waals surface area (Å²) in [7, 11) is 0. The molecule has 0 bridgehead atoms. The van der Waals surface area contributed by atoms with Crippen LogP contribution in [0.15, 0.2) is 42.7 Å². The van der Waals surface area contributed by atoms with Gasteiger partial charge in [0.25, 0.3) is 11.6 Å². The van der Waals surface area contributed by atoms with Gasteiger partial charge < -0.3 is 10.1 Å². The van der Waals surface area contributed by atoms with Gasteiger partial charge in [0.1, 0.15) is 4.88 Å². The molecule has 1 aromatic carbocycles. The first kappa shape index (κ1) is 19.0. The molecule has 28 heavy (non-hydrogen) atoms. The zero-order valence-corrected chi connectivity index (χ0v) is 15.3. The van der Waals surface area contributed by atoms with E-state index in [0.717, 1.165) is 11.3 Å². The van der Waals surface area contributed by atoms with Crippen LogP contribution in [0.25, 0.3) is 10.8 Å². The highest BCUT2D eigenvalue weighted by Crippen LogP contribution is 2.25. The van der Waals surface area contributed by atoms with Gasteiger partial charge in [-0.05, 0) is 25.1 Å². The van der Waals surface area contributed by atoms with Crippen LogP contribution >= 0.6 is 11.3 Å². The predicted octanol–water partition coefficient (Wildman–Crippen LogP) is 2.61. The Bertz CT molecular complexity index is 1020. The lowest BCUT2D eigenvalue weighted by atomic mass is 10.3. The van der Waals surface area contributed by atoms with Crippen LogP contribution in [0.2, 0.25) is 0 Å². The van der Waals surface area contributed by atoms with Crippen molar-refractivity contribution in [1.29, 1.82) is 0 Å². The Balaban J connectivity index is 1.58. The average Bonchev–Trinajstić information content (AvgIpc) is 3.09. The fraction of sp³-hybridized carbons (Fsp3) is 0.118. The first-order valence-corrected chi connectivity index (χ1v) is 8.72. The van der Waals surface area contributed by atoms with E-state index in [1.807, 2.05) is 0 Å². The van der Waals surface area contributed by atoms with Crippen molar-refractivity contribution in [3.8, 4) is 10.8 Å². The quantitative estimate of drug-likeness (QED) is 0.379. The maximum Gasteiger partial charge on any atom is 0.350 e. The number of nitrogens with one attached hydrogen (secondary N) is 1. The van der Waals surface area contributed by atoms with Gasteiger partial charge in [-0.15, -0.1) is 11.3 Å². The van der Waals surface area contributed by atoms with E-state index in [1.54, 1.807) is 25.4 Å². The number of hydrogen-bond acceptors (Lipinski definition) is 9. The summed E-state index contributed by atoms with van der Waals surface area (Å²) in [5, 5.41) is 13.6. The molecule has 11 heteroatoms. The number of esters is 1. The predicted molar refractivity (Wildman–Crippen MR) is 99.9 cm³/mol. The highest BCUT2D eigenvalue weighted by Gasteiger charge is 2.19. The van der Waals surface area contributed by atoms with Crippen molar-refractivity contribution in [2.75, 3.05) is 11.9 Å². The second-order valence-electron chi connectivity index (χ2n) is 5.43. The summed E-state index contributed by atoms with van der Waals surface area (Å²) in [4.78, 5) is 46.9. The minimum Gasteiger partial charge on any atom is -0.451 e. The molecule has 0 saturated heterocycles. The molecule has 10 nitrogen and oxygen atoms in total. The number of benzene rings is 1. The van der Waals surface area contributed by atoms with Crippen LogP contribution in [-0.4, -0.2) is 38.4 Å². The smallest absolute Gasteiger partial charge is 0.350 e. The Morgan fingerprint density at radius 1 is 1.21 bits per heavy atom. The molecule has 3 aromatic rings.